The fourth-order valence-corrected chi connectivity index (χ4v) is 4.01. The van der Waals surface area contributed by atoms with Gasteiger partial charge in [-0.1, -0.05) is 24.3 Å². The first-order valence-corrected chi connectivity index (χ1v) is 8.79. The minimum absolute atomic E-state index is 0.217. The maximum Gasteiger partial charge on any atom is 0.268 e. The average molecular weight is 335 g/mol. The first-order chi connectivity index (χ1) is 11.7. The van der Waals surface area contributed by atoms with E-state index in [4.69, 9.17) is 0 Å². The Morgan fingerprint density at radius 1 is 0.917 bits per heavy atom. The van der Waals surface area contributed by atoms with Gasteiger partial charge in [-0.05, 0) is 30.3 Å². The first kappa shape index (κ1) is 14.6. The summed E-state index contributed by atoms with van der Waals surface area (Å²) >= 11 is 0. The van der Waals surface area contributed by atoms with Crippen LogP contribution in [0.15, 0.2) is 83.1 Å². The molecule has 6 heteroatoms. The predicted molar refractivity (Wildman–Crippen MR) is 95.0 cm³/mol. The van der Waals surface area contributed by atoms with E-state index in [-0.39, 0.29) is 4.90 Å². The second-order valence-electron chi connectivity index (χ2n) is 5.28. The normalized spacial score (nSPS) is 14.4. The van der Waals surface area contributed by atoms with Crippen molar-refractivity contribution >= 4 is 38.0 Å². The van der Waals surface area contributed by atoms with Gasteiger partial charge < -0.3 is 0 Å². The third-order valence-corrected chi connectivity index (χ3v) is 5.49. The Hall–Kier alpha value is -2.99. The molecule has 0 saturated heterocycles. The molecule has 0 unspecified atom stereocenters. The largest absolute Gasteiger partial charge is 0.268 e. The van der Waals surface area contributed by atoms with Crippen molar-refractivity contribution in [1.29, 1.82) is 0 Å². The van der Waals surface area contributed by atoms with Gasteiger partial charge in [0.1, 0.15) is 0 Å². The summed E-state index contributed by atoms with van der Waals surface area (Å²) in [6.07, 6.45) is 7.44. The van der Waals surface area contributed by atoms with Crippen LogP contribution in [0.3, 0.4) is 0 Å². The summed E-state index contributed by atoms with van der Waals surface area (Å²) in [6, 6.07) is 14.6. The van der Waals surface area contributed by atoms with E-state index in [1.165, 1.54) is 24.8 Å². The molecule has 0 aliphatic carbocycles. The number of aromatic nitrogens is 1. The van der Waals surface area contributed by atoms with E-state index < -0.39 is 10.0 Å². The van der Waals surface area contributed by atoms with Crippen LogP contribution < -0.4 is 0 Å². The Labute approximate surface area is 139 Å². The van der Waals surface area contributed by atoms with E-state index >= 15 is 0 Å². The number of aliphatic imine (C=N–C) groups is 1. The molecule has 0 radical (unpaired) electrons. The van der Waals surface area contributed by atoms with Gasteiger partial charge in [0.2, 0.25) is 0 Å². The van der Waals surface area contributed by atoms with Gasteiger partial charge in [0, 0.05) is 35.6 Å². The highest BCUT2D eigenvalue weighted by molar-refractivity contribution is 7.89. The van der Waals surface area contributed by atoms with Gasteiger partial charge in [0.15, 0.2) is 0 Å². The average Bonchev–Trinajstić information content (AvgIpc) is 2.89. The van der Waals surface area contributed by atoms with Crippen LogP contribution in [0.1, 0.15) is 0 Å². The molecule has 0 N–H and O–H groups in total. The van der Waals surface area contributed by atoms with Gasteiger partial charge in [-0.2, -0.15) is 0 Å². The van der Waals surface area contributed by atoms with Gasteiger partial charge >= 0.3 is 0 Å². The molecule has 1 aliphatic heterocycles. The maximum absolute atomic E-state index is 13.0. The van der Waals surface area contributed by atoms with E-state index in [2.05, 4.69) is 9.98 Å². The summed E-state index contributed by atoms with van der Waals surface area (Å²) in [4.78, 5) is 8.71. The third kappa shape index (κ3) is 2.37. The molecular weight excluding hydrogens is 322 g/mol. The Morgan fingerprint density at radius 3 is 2.67 bits per heavy atom. The monoisotopic (exact) mass is 335 g/mol. The summed E-state index contributed by atoms with van der Waals surface area (Å²) < 4.78 is 27.2. The maximum atomic E-state index is 13.0. The van der Waals surface area contributed by atoms with Crippen LogP contribution in [0.4, 0.5) is 0 Å². The lowest BCUT2D eigenvalue weighted by Gasteiger charge is -2.16. The molecule has 118 valence electrons. The topological polar surface area (TPSA) is 62.6 Å². The van der Waals surface area contributed by atoms with Gasteiger partial charge in [-0.25, -0.2) is 17.7 Å². The Kier molecular flexibility index (Phi) is 3.39. The number of fused-ring (bicyclic) bond motifs is 2. The molecule has 0 bridgehead atoms. The molecule has 24 heavy (non-hydrogen) atoms. The number of pyridine rings is 1. The van der Waals surface area contributed by atoms with Crippen LogP contribution >= 0.6 is 0 Å². The zero-order chi connectivity index (χ0) is 16.6. The second kappa shape index (κ2) is 5.58. The van der Waals surface area contributed by atoms with Crippen molar-refractivity contribution in [1.82, 2.24) is 9.29 Å². The number of allylic oxidation sites excluding steroid dienone is 1. The van der Waals surface area contributed by atoms with Crippen molar-refractivity contribution < 1.29 is 8.42 Å². The lowest BCUT2D eigenvalue weighted by atomic mass is 10.1. The highest BCUT2D eigenvalue weighted by Gasteiger charge is 2.23. The molecule has 2 heterocycles. The van der Waals surface area contributed by atoms with Crippen LogP contribution in [-0.2, 0) is 10.0 Å². The standard InChI is InChI=1S/C18H13N3O2S/c22-24(23,21-11-4-9-19-10-12-21)18-8-3-7-17-15(18)13-14-5-1-2-6-16(14)20-17/h1-13H. The summed E-state index contributed by atoms with van der Waals surface area (Å²) in [7, 11) is -3.74. The first-order valence-electron chi connectivity index (χ1n) is 7.35. The van der Waals surface area contributed by atoms with Gasteiger partial charge in [-0.15, -0.1) is 0 Å². The molecule has 0 amide bonds. The number of rotatable bonds is 2. The molecule has 0 saturated carbocycles. The van der Waals surface area contributed by atoms with Crippen LogP contribution in [0.25, 0.3) is 21.8 Å². The summed E-state index contributed by atoms with van der Waals surface area (Å²) in [6.45, 7) is 0. The molecule has 2 aromatic carbocycles. The zero-order valence-electron chi connectivity index (χ0n) is 12.6. The Bertz CT molecular complexity index is 1120. The molecule has 0 spiro atoms. The Morgan fingerprint density at radius 2 is 1.75 bits per heavy atom. The smallest absolute Gasteiger partial charge is 0.263 e. The fraction of sp³-hybridized carbons (Fsp3) is 0. The van der Waals surface area contributed by atoms with Gasteiger partial charge in [0.05, 0.1) is 15.9 Å². The second-order valence-corrected chi connectivity index (χ2v) is 7.09. The predicted octanol–water partition coefficient (Wildman–Crippen LogP) is 3.45. The lowest BCUT2D eigenvalue weighted by molar-refractivity contribution is 0.554. The van der Waals surface area contributed by atoms with Crippen molar-refractivity contribution in [3.8, 4) is 0 Å². The SMILES string of the molecule is O=S(=O)(c1cccc2nc3ccccc3cc12)N1C=CC=NC=C1. The quantitative estimate of drug-likeness (QED) is 0.674. The number of benzene rings is 2. The molecule has 1 aliphatic rings. The molecule has 0 atom stereocenters. The summed E-state index contributed by atoms with van der Waals surface area (Å²) in [5.74, 6) is 0. The number of para-hydroxylation sites is 1. The van der Waals surface area contributed by atoms with Gasteiger partial charge in [-0.3, -0.25) is 4.99 Å². The molecular formula is C18H13N3O2S. The van der Waals surface area contributed by atoms with E-state index in [0.717, 1.165) is 15.2 Å². The summed E-state index contributed by atoms with van der Waals surface area (Å²) in [5, 5.41) is 1.50. The number of hydrogen-bond donors (Lipinski definition) is 0. The van der Waals surface area contributed by atoms with Crippen molar-refractivity contribution in [2.75, 3.05) is 0 Å². The Balaban J connectivity index is 1.97. The minimum Gasteiger partial charge on any atom is -0.263 e. The van der Waals surface area contributed by atoms with Crippen molar-refractivity contribution in [2.45, 2.75) is 4.90 Å². The van der Waals surface area contributed by atoms with Crippen molar-refractivity contribution in [3.05, 3.63) is 73.2 Å². The van der Waals surface area contributed by atoms with Crippen molar-refractivity contribution in [3.63, 3.8) is 0 Å². The number of nitrogens with zero attached hydrogens (tertiary/aromatic N) is 3. The van der Waals surface area contributed by atoms with Crippen LogP contribution in [0.5, 0.6) is 0 Å². The van der Waals surface area contributed by atoms with Crippen molar-refractivity contribution in [2.24, 2.45) is 4.99 Å². The van der Waals surface area contributed by atoms with Crippen LogP contribution in [0.2, 0.25) is 0 Å². The highest BCUT2D eigenvalue weighted by atomic mass is 32.2. The van der Waals surface area contributed by atoms with Crippen LogP contribution in [-0.4, -0.2) is 23.9 Å². The fourth-order valence-electron chi connectivity index (χ4n) is 2.65. The molecule has 4 rings (SSSR count). The van der Waals surface area contributed by atoms with E-state index in [1.807, 2.05) is 36.4 Å². The number of hydrogen-bond acceptors (Lipinski definition) is 4. The third-order valence-electron chi connectivity index (χ3n) is 3.78. The minimum atomic E-state index is -3.74. The molecule has 5 nitrogen and oxygen atoms in total. The summed E-state index contributed by atoms with van der Waals surface area (Å²) in [5.41, 5.74) is 1.48. The number of sulfonamides is 1. The molecule has 1 aromatic heterocycles. The van der Waals surface area contributed by atoms with Crippen LogP contribution in [0, 0.1) is 0 Å². The van der Waals surface area contributed by atoms with Gasteiger partial charge in [0.25, 0.3) is 10.0 Å². The lowest BCUT2D eigenvalue weighted by Crippen LogP contribution is -2.20. The molecule has 0 fully saturated rings. The van der Waals surface area contributed by atoms with E-state index in [1.54, 1.807) is 18.2 Å². The zero-order valence-corrected chi connectivity index (χ0v) is 13.4. The van der Waals surface area contributed by atoms with E-state index in [0.29, 0.717) is 10.9 Å². The highest BCUT2D eigenvalue weighted by Crippen LogP contribution is 2.28. The molecule has 3 aromatic rings. The van der Waals surface area contributed by atoms with E-state index in [9.17, 15) is 8.42 Å².